The van der Waals surface area contributed by atoms with Gasteiger partial charge in [-0.05, 0) is 36.8 Å². The predicted octanol–water partition coefficient (Wildman–Crippen LogP) is 3.07. The summed E-state index contributed by atoms with van der Waals surface area (Å²) in [6, 6.07) is 9.17. The van der Waals surface area contributed by atoms with E-state index in [-0.39, 0.29) is 12.5 Å². The number of benzene rings is 2. The van der Waals surface area contributed by atoms with Crippen molar-refractivity contribution in [2.24, 2.45) is 0 Å². The molecule has 0 aliphatic heterocycles. The minimum absolute atomic E-state index is 0.106. The normalized spacial score (nSPS) is 10.2. The fraction of sp³-hybridized carbons (Fsp3) is 0.381. The predicted molar refractivity (Wildman–Crippen MR) is 106 cm³/mol. The zero-order valence-electron chi connectivity index (χ0n) is 17.2. The van der Waals surface area contributed by atoms with Crippen molar-refractivity contribution < 1.29 is 28.5 Å². The van der Waals surface area contributed by atoms with E-state index < -0.39 is 0 Å². The summed E-state index contributed by atoms with van der Waals surface area (Å²) < 4.78 is 27.1. The standard InChI is InChI=1S/C21H27NO6/c1-14-7-9-16(18(11-14)25-4)28-13-19(23)22(2)12-15-8-10-17(24-3)21(27-6)20(15)26-5/h7-11H,12-13H2,1-6H3. The second-order valence-corrected chi connectivity index (χ2v) is 6.19. The minimum atomic E-state index is -0.181. The molecule has 0 unspecified atom stereocenters. The highest BCUT2D eigenvalue weighted by Crippen LogP contribution is 2.40. The molecule has 0 heterocycles. The van der Waals surface area contributed by atoms with Gasteiger partial charge in [0.05, 0.1) is 28.4 Å². The first-order valence-electron chi connectivity index (χ1n) is 8.74. The van der Waals surface area contributed by atoms with Gasteiger partial charge in [0.15, 0.2) is 29.6 Å². The van der Waals surface area contributed by atoms with Crippen LogP contribution in [-0.2, 0) is 11.3 Å². The van der Waals surface area contributed by atoms with Gasteiger partial charge in [-0.1, -0.05) is 6.07 Å². The molecule has 28 heavy (non-hydrogen) atoms. The van der Waals surface area contributed by atoms with Crippen LogP contribution in [0.2, 0.25) is 0 Å². The molecule has 2 aromatic carbocycles. The summed E-state index contributed by atoms with van der Waals surface area (Å²) >= 11 is 0. The van der Waals surface area contributed by atoms with Crippen molar-refractivity contribution in [2.45, 2.75) is 13.5 Å². The fourth-order valence-electron chi connectivity index (χ4n) is 2.78. The quantitative estimate of drug-likeness (QED) is 0.657. The molecule has 0 aliphatic carbocycles. The average Bonchev–Trinajstić information content (AvgIpc) is 2.71. The molecular weight excluding hydrogens is 362 g/mol. The molecule has 0 spiro atoms. The van der Waals surface area contributed by atoms with Crippen molar-refractivity contribution >= 4 is 5.91 Å². The van der Waals surface area contributed by atoms with Crippen LogP contribution in [0.3, 0.4) is 0 Å². The molecule has 0 atom stereocenters. The summed E-state index contributed by atoms with van der Waals surface area (Å²) in [7, 11) is 7.92. The lowest BCUT2D eigenvalue weighted by molar-refractivity contribution is -0.132. The summed E-state index contributed by atoms with van der Waals surface area (Å²) in [5.41, 5.74) is 1.84. The van der Waals surface area contributed by atoms with Crippen molar-refractivity contribution in [1.82, 2.24) is 4.90 Å². The van der Waals surface area contributed by atoms with Crippen LogP contribution in [0.15, 0.2) is 30.3 Å². The Balaban J connectivity index is 2.09. The third-order valence-corrected chi connectivity index (χ3v) is 4.29. The summed E-state index contributed by atoms with van der Waals surface area (Å²) in [6.07, 6.45) is 0. The maximum absolute atomic E-state index is 12.5. The van der Waals surface area contributed by atoms with Crippen molar-refractivity contribution in [3.05, 3.63) is 41.5 Å². The van der Waals surface area contributed by atoms with Gasteiger partial charge in [0, 0.05) is 19.2 Å². The maximum atomic E-state index is 12.5. The van der Waals surface area contributed by atoms with E-state index in [1.807, 2.05) is 25.1 Å². The highest BCUT2D eigenvalue weighted by Gasteiger charge is 2.19. The van der Waals surface area contributed by atoms with Crippen LogP contribution < -0.4 is 23.7 Å². The van der Waals surface area contributed by atoms with Crippen molar-refractivity contribution in [1.29, 1.82) is 0 Å². The molecule has 0 radical (unpaired) electrons. The summed E-state index contributed by atoms with van der Waals surface area (Å²) in [6.45, 7) is 2.18. The smallest absolute Gasteiger partial charge is 0.260 e. The Bertz CT molecular complexity index is 821. The highest BCUT2D eigenvalue weighted by molar-refractivity contribution is 5.77. The largest absolute Gasteiger partial charge is 0.493 e. The topological polar surface area (TPSA) is 66.5 Å². The van der Waals surface area contributed by atoms with Gasteiger partial charge < -0.3 is 28.6 Å². The van der Waals surface area contributed by atoms with Crippen molar-refractivity contribution in [2.75, 3.05) is 42.1 Å². The molecule has 0 fully saturated rings. The van der Waals surface area contributed by atoms with E-state index in [0.29, 0.717) is 35.3 Å². The van der Waals surface area contributed by atoms with Gasteiger partial charge in [-0.2, -0.15) is 0 Å². The first-order chi connectivity index (χ1) is 13.4. The summed E-state index contributed by atoms with van der Waals surface area (Å²) in [5.74, 6) is 2.52. The van der Waals surface area contributed by atoms with E-state index in [9.17, 15) is 4.79 Å². The Labute approximate surface area is 165 Å². The van der Waals surface area contributed by atoms with E-state index in [1.165, 1.54) is 0 Å². The third kappa shape index (κ3) is 4.79. The van der Waals surface area contributed by atoms with Gasteiger partial charge >= 0.3 is 0 Å². The van der Waals surface area contributed by atoms with E-state index >= 15 is 0 Å². The zero-order chi connectivity index (χ0) is 20.7. The Kier molecular flexibility index (Phi) is 7.37. The second-order valence-electron chi connectivity index (χ2n) is 6.19. The zero-order valence-corrected chi connectivity index (χ0v) is 17.2. The van der Waals surface area contributed by atoms with E-state index in [1.54, 1.807) is 52.5 Å². The number of amides is 1. The Hall–Kier alpha value is -3.09. The Morgan fingerprint density at radius 1 is 0.857 bits per heavy atom. The number of methoxy groups -OCH3 is 4. The molecule has 7 nitrogen and oxygen atoms in total. The SMILES string of the molecule is COc1cc(C)ccc1OCC(=O)N(C)Cc1ccc(OC)c(OC)c1OC. The van der Waals surface area contributed by atoms with Crippen LogP contribution in [0.25, 0.3) is 0 Å². The van der Waals surface area contributed by atoms with Crippen molar-refractivity contribution in [3.63, 3.8) is 0 Å². The Morgan fingerprint density at radius 3 is 2.11 bits per heavy atom. The van der Waals surface area contributed by atoms with Crippen LogP contribution in [0.4, 0.5) is 0 Å². The molecule has 0 saturated carbocycles. The van der Waals surface area contributed by atoms with Crippen LogP contribution in [0.1, 0.15) is 11.1 Å². The van der Waals surface area contributed by atoms with Crippen LogP contribution in [-0.4, -0.2) is 52.9 Å². The Morgan fingerprint density at radius 2 is 1.50 bits per heavy atom. The summed E-state index contributed by atoms with van der Waals surface area (Å²) in [5, 5.41) is 0. The molecule has 2 rings (SSSR count). The van der Waals surface area contributed by atoms with Gasteiger partial charge in [-0.25, -0.2) is 0 Å². The number of hydrogen-bond donors (Lipinski definition) is 0. The van der Waals surface area contributed by atoms with Gasteiger partial charge in [-0.3, -0.25) is 4.79 Å². The first kappa shape index (κ1) is 21.2. The van der Waals surface area contributed by atoms with Gasteiger partial charge in [0.25, 0.3) is 5.91 Å². The van der Waals surface area contributed by atoms with Gasteiger partial charge in [0.2, 0.25) is 5.75 Å². The number of ether oxygens (including phenoxy) is 5. The lowest BCUT2D eigenvalue weighted by atomic mass is 10.1. The van der Waals surface area contributed by atoms with E-state index in [2.05, 4.69) is 0 Å². The highest BCUT2D eigenvalue weighted by atomic mass is 16.5. The van der Waals surface area contributed by atoms with Crippen LogP contribution >= 0.6 is 0 Å². The number of aryl methyl sites for hydroxylation is 1. The number of carbonyl (C=O) groups is 1. The number of carbonyl (C=O) groups excluding carboxylic acids is 1. The first-order valence-corrected chi connectivity index (χ1v) is 8.74. The number of nitrogens with zero attached hydrogens (tertiary/aromatic N) is 1. The van der Waals surface area contributed by atoms with Crippen molar-refractivity contribution in [3.8, 4) is 28.7 Å². The minimum Gasteiger partial charge on any atom is -0.493 e. The molecule has 7 heteroatoms. The van der Waals surface area contributed by atoms with Crippen LogP contribution in [0.5, 0.6) is 28.7 Å². The second kappa shape index (κ2) is 9.73. The summed E-state index contributed by atoms with van der Waals surface area (Å²) in [4.78, 5) is 14.1. The number of hydrogen-bond acceptors (Lipinski definition) is 6. The number of likely N-dealkylation sites (N-methyl/N-ethyl adjacent to an activating group) is 1. The lowest BCUT2D eigenvalue weighted by Gasteiger charge is -2.21. The molecule has 2 aromatic rings. The fourth-order valence-corrected chi connectivity index (χ4v) is 2.78. The molecular formula is C21H27NO6. The molecule has 0 N–H and O–H groups in total. The van der Waals surface area contributed by atoms with Gasteiger partial charge in [-0.15, -0.1) is 0 Å². The molecule has 0 bridgehead atoms. The van der Waals surface area contributed by atoms with E-state index in [0.717, 1.165) is 11.1 Å². The lowest BCUT2D eigenvalue weighted by Crippen LogP contribution is -2.31. The van der Waals surface area contributed by atoms with Gasteiger partial charge in [0.1, 0.15) is 0 Å². The molecule has 152 valence electrons. The monoisotopic (exact) mass is 389 g/mol. The third-order valence-electron chi connectivity index (χ3n) is 4.29. The number of rotatable bonds is 9. The average molecular weight is 389 g/mol. The maximum Gasteiger partial charge on any atom is 0.260 e. The molecule has 0 saturated heterocycles. The van der Waals surface area contributed by atoms with Crippen LogP contribution in [0, 0.1) is 6.92 Å². The van der Waals surface area contributed by atoms with E-state index in [4.69, 9.17) is 23.7 Å². The molecule has 0 aliphatic rings. The molecule has 0 aromatic heterocycles. The molecule has 1 amide bonds.